The molecule has 3 aromatic heterocycles. The third-order valence-electron chi connectivity index (χ3n) is 12.4. The number of aromatic amines is 2. The Hall–Kier alpha value is -6.74. The molecule has 3 aromatic carbocycles. The number of allylic oxidation sites excluding steroid dienone is 1. The van der Waals surface area contributed by atoms with Crippen molar-refractivity contribution in [3.05, 3.63) is 118 Å². The van der Waals surface area contributed by atoms with Gasteiger partial charge in [-0.15, -0.1) is 11.3 Å². The van der Waals surface area contributed by atoms with Gasteiger partial charge in [-0.2, -0.15) is 0 Å². The van der Waals surface area contributed by atoms with Gasteiger partial charge < -0.3 is 39.9 Å². The molecule has 4 N–H and O–H groups in total. The van der Waals surface area contributed by atoms with E-state index >= 15 is 0 Å². The Balaban J connectivity index is 0.868. The number of hydrogen-bond acceptors (Lipinski definition) is 9. The number of fused-ring (bicyclic) bond motifs is 2. The second-order valence-electron chi connectivity index (χ2n) is 16.7. The minimum atomic E-state index is -0.875. The fourth-order valence-corrected chi connectivity index (χ4v) is 10.2. The Morgan fingerprint density at radius 1 is 0.778 bits per heavy atom. The summed E-state index contributed by atoms with van der Waals surface area (Å²) in [6.07, 6.45) is 6.88. The fraction of sp³-hybridized carbons (Fsp3) is 0.333. The average Bonchev–Trinajstić information content (AvgIpc) is 4.16. The number of nitrogens with one attached hydrogen (secondary N) is 4. The first-order chi connectivity index (χ1) is 30.6. The summed E-state index contributed by atoms with van der Waals surface area (Å²) in [7, 11) is 2.58. The van der Waals surface area contributed by atoms with Crippen molar-refractivity contribution in [1.82, 2.24) is 40.4 Å². The molecule has 5 heterocycles. The number of ether oxygens (including phenoxy) is 2. The van der Waals surface area contributed by atoms with Crippen LogP contribution >= 0.6 is 11.3 Å². The molecule has 0 radical (unpaired) electrons. The van der Waals surface area contributed by atoms with Crippen molar-refractivity contribution in [2.45, 2.75) is 70.1 Å². The normalized spacial score (nSPS) is 18.0. The summed E-state index contributed by atoms with van der Waals surface area (Å²) in [4.78, 5) is 74.6. The second-order valence-corrected chi connectivity index (χ2v) is 17.8. The summed E-state index contributed by atoms with van der Waals surface area (Å²) in [5, 5.41) is 5.44. The number of likely N-dealkylation sites (tertiary alicyclic amines) is 2. The quantitative estimate of drug-likeness (QED) is 0.100. The summed E-state index contributed by atoms with van der Waals surface area (Å²) in [6, 6.07) is 24.3. The van der Waals surface area contributed by atoms with Crippen LogP contribution in [-0.2, 0) is 25.5 Å². The molecule has 1 unspecified atom stereocenters. The Kier molecular flexibility index (Phi) is 11.6. The molecular formula is C48H50N8O6S. The minimum Gasteiger partial charge on any atom is -0.453 e. The lowest BCUT2D eigenvalue weighted by molar-refractivity contribution is -0.135. The van der Waals surface area contributed by atoms with Gasteiger partial charge in [-0.3, -0.25) is 9.59 Å². The topological polar surface area (TPSA) is 175 Å². The molecule has 2 aliphatic heterocycles. The molecule has 63 heavy (non-hydrogen) atoms. The molecule has 3 aliphatic rings. The van der Waals surface area contributed by atoms with Crippen LogP contribution in [0.25, 0.3) is 44.4 Å². The number of H-pyrrole nitrogens is 2. The summed E-state index contributed by atoms with van der Waals surface area (Å²) >= 11 is 1.78. The summed E-state index contributed by atoms with van der Waals surface area (Å²) in [5.74, 6) is 1.04. The van der Waals surface area contributed by atoms with Gasteiger partial charge in [-0.25, -0.2) is 19.6 Å². The molecular weight excluding hydrogens is 817 g/mol. The lowest BCUT2D eigenvalue weighted by Gasteiger charge is -2.30. The summed E-state index contributed by atoms with van der Waals surface area (Å²) in [6.45, 7) is 4.98. The molecule has 6 aromatic rings. The monoisotopic (exact) mass is 866 g/mol. The van der Waals surface area contributed by atoms with Gasteiger partial charge in [0.05, 0.1) is 49.2 Å². The molecule has 2 saturated heterocycles. The predicted octanol–water partition coefficient (Wildman–Crippen LogP) is 8.58. The van der Waals surface area contributed by atoms with E-state index in [0.717, 1.165) is 77.2 Å². The van der Waals surface area contributed by atoms with Crippen molar-refractivity contribution >= 4 is 58.0 Å². The molecule has 14 nitrogen and oxygen atoms in total. The Morgan fingerprint density at radius 2 is 1.44 bits per heavy atom. The third-order valence-corrected chi connectivity index (χ3v) is 13.6. The maximum Gasteiger partial charge on any atom is 0.407 e. The molecule has 9 rings (SSSR count). The standard InChI is InChI=1S/C48H50N8O6S/c1-27(2)41(53-47(59)61-3)45(57)55-20-8-12-37(55)43-49-26-36(52-43)28-14-16-29(17-15-28)39-25-33-22-32(24-40(33)63-39)31-18-19-34-35(23-31)51-44(50-34)38-13-9-21-56(38)46(58)42(54-48(60)62-4)30-10-6-5-7-11-30/h5-7,10-11,14-19,23-27,37-38,41-42H,8-9,12-13,20-22H2,1-4H3,(H,49,52)(H,50,51)(H,53,59)(H,54,60)/t37-,38?,41-,42+/m0/s1. The van der Waals surface area contributed by atoms with Crippen LogP contribution in [0.15, 0.2) is 85.1 Å². The number of benzene rings is 3. The van der Waals surface area contributed by atoms with E-state index in [0.29, 0.717) is 18.7 Å². The Bertz CT molecular complexity index is 2700. The van der Waals surface area contributed by atoms with E-state index < -0.39 is 24.3 Å². The Labute approximate surface area is 369 Å². The highest BCUT2D eigenvalue weighted by Crippen LogP contribution is 2.42. The number of nitrogens with zero attached hydrogens (tertiary/aromatic N) is 4. The van der Waals surface area contributed by atoms with Gasteiger partial charge in [0.15, 0.2) is 0 Å². The van der Waals surface area contributed by atoms with Crippen molar-refractivity contribution in [2.75, 3.05) is 27.3 Å². The predicted molar refractivity (Wildman–Crippen MR) is 241 cm³/mol. The van der Waals surface area contributed by atoms with E-state index in [1.165, 1.54) is 35.1 Å². The van der Waals surface area contributed by atoms with E-state index in [1.807, 2.05) is 66.2 Å². The van der Waals surface area contributed by atoms with Gasteiger partial charge in [0.2, 0.25) is 5.91 Å². The summed E-state index contributed by atoms with van der Waals surface area (Å²) in [5.41, 5.74) is 9.12. The van der Waals surface area contributed by atoms with E-state index in [-0.39, 0.29) is 29.8 Å². The number of alkyl carbamates (subject to hydrolysis) is 2. The molecule has 0 bridgehead atoms. The van der Waals surface area contributed by atoms with Crippen molar-refractivity contribution in [1.29, 1.82) is 0 Å². The number of imidazole rings is 2. The zero-order chi connectivity index (χ0) is 43.8. The number of thiophene rings is 1. The highest BCUT2D eigenvalue weighted by atomic mass is 32.1. The number of hydrogen-bond donors (Lipinski definition) is 4. The van der Waals surface area contributed by atoms with Crippen molar-refractivity contribution in [3.63, 3.8) is 0 Å². The minimum absolute atomic E-state index is 0.102. The molecule has 4 atom stereocenters. The van der Waals surface area contributed by atoms with Gasteiger partial charge in [-0.1, -0.05) is 74.5 Å². The fourth-order valence-electron chi connectivity index (χ4n) is 9.08. The third kappa shape index (κ3) is 8.32. The van der Waals surface area contributed by atoms with Gasteiger partial charge >= 0.3 is 12.2 Å². The molecule has 2 fully saturated rings. The van der Waals surface area contributed by atoms with Gasteiger partial charge in [-0.05, 0) is 95.7 Å². The van der Waals surface area contributed by atoms with Crippen molar-refractivity contribution < 1.29 is 28.7 Å². The second kappa shape index (κ2) is 17.6. The van der Waals surface area contributed by atoms with Crippen molar-refractivity contribution in [3.8, 4) is 21.7 Å². The first kappa shape index (κ1) is 41.6. The first-order valence-corrected chi connectivity index (χ1v) is 22.2. The van der Waals surface area contributed by atoms with Crippen molar-refractivity contribution in [2.24, 2.45) is 5.92 Å². The maximum atomic E-state index is 14.0. The van der Waals surface area contributed by atoms with E-state index in [1.54, 1.807) is 11.3 Å². The van der Waals surface area contributed by atoms with Gasteiger partial charge in [0.25, 0.3) is 5.91 Å². The first-order valence-electron chi connectivity index (χ1n) is 21.4. The van der Waals surface area contributed by atoms with Crippen LogP contribution in [0.1, 0.15) is 90.9 Å². The zero-order valence-corrected chi connectivity index (χ0v) is 36.5. The van der Waals surface area contributed by atoms with Crippen LogP contribution in [-0.4, -0.2) is 87.1 Å². The van der Waals surface area contributed by atoms with Crippen LogP contribution in [0, 0.1) is 5.92 Å². The van der Waals surface area contributed by atoms with Crippen LogP contribution in [0.4, 0.5) is 9.59 Å². The molecule has 1 aliphatic carbocycles. The number of aromatic nitrogens is 4. The largest absolute Gasteiger partial charge is 0.453 e. The highest BCUT2D eigenvalue weighted by Gasteiger charge is 2.39. The number of rotatable bonds is 11. The smallest absolute Gasteiger partial charge is 0.407 e. The molecule has 4 amide bonds. The van der Waals surface area contributed by atoms with Crippen LogP contribution in [0.3, 0.4) is 0 Å². The lowest BCUT2D eigenvalue weighted by atomic mass is 10.0. The van der Waals surface area contributed by atoms with Crippen LogP contribution < -0.4 is 10.6 Å². The molecule has 15 heteroatoms. The number of methoxy groups -OCH3 is 2. The maximum absolute atomic E-state index is 14.0. The number of carbonyl (C=O) groups is 4. The van der Waals surface area contributed by atoms with E-state index in [2.05, 4.69) is 69.1 Å². The summed E-state index contributed by atoms with van der Waals surface area (Å²) < 4.78 is 9.63. The average molecular weight is 867 g/mol. The van der Waals surface area contributed by atoms with Crippen LogP contribution in [0.5, 0.6) is 0 Å². The van der Waals surface area contributed by atoms with Gasteiger partial charge in [0.1, 0.15) is 23.7 Å². The van der Waals surface area contributed by atoms with Crippen LogP contribution in [0.2, 0.25) is 0 Å². The zero-order valence-electron chi connectivity index (χ0n) is 35.6. The SMILES string of the molecule is COC(=O)N[C@H](C(=O)N1CCC[C@H]1c1ncc(-c2ccc(-c3cc4c(s3)C=C(c3ccc5nc(C6CCCN6C(=O)[C@H](NC(=O)OC)c6ccccc6)[nH]c5c3)C4)cc2)[nH]1)C(C)C. The van der Waals surface area contributed by atoms with E-state index in [4.69, 9.17) is 19.4 Å². The Morgan fingerprint density at radius 3 is 2.14 bits per heavy atom. The van der Waals surface area contributed by atoms with E-state index in [9.17, 15) is 19.2 Å². The number of amides is 4. The molecule has 324 valence electrons. The van der Waals surface area contributed by atoms with Gasteiger partial charge in [0, 0.05) is 22.8 Å². The number of carbonyl (C=O) groups excluding carboxylic acids is 4. The molecule has 0 saturated carbocycles. The lowest BCUT2D eigenvalue weighted by Crippen LogP contribution is -2.51. The highest BCUT2D eigenvalue weighted by molar-refractivity contribution is 7.16. The molecule has 0 spiro atoms.